The van der Waals surface area contributed by atoms with Crippen LogP contribution in [0.2, 0.25) is 0 Å². The van der Waals surface area contributed by atoms with Crippen molar-refractivity contribution in [3.63, 3.8) is 0 Å². The van der Waals surface area contributed by atoms with Crippen molar-refractivity contribution in [1.82, 2.24) is 10.6 Å². The summed E-state index contributed by atoms with van der Waals surface area (Å²) in [5.74, 6) is -0.0584. The van der Waals surface area contributed by atoms with Crippen LogP contribution in [-0.2, 0) is 33.2 Å². The van der Waals surface area contributed by atoms with Crippen LogP contribution in [-0.4, -0.2) is 49.7 Å². The number of amides is 2. The van der Waals surface area contributed by atoms with Crippen LogP contribution in [0.3, 0.4) is 0 Å². The first-order chi connectivity index (χ1) is 22.7. The second-order valence-corrected chi connectivity index (χ2v) is 14.1. The molecule has 3 N–H and O–H groups in total. The molecule has 4 rings (SSSR count). The molecule has 9 heteroatoms. The smallest absolute Gasteiger partial charge is 0.242 e. The monoisotopic (exact) mass is 656 g/mol. The van der Waals surface area contributed by atoms with Gasteiger partial charge in [-0.15, -0.1) is 0 Å². The van der Waals surface area contributed by atoms with Crippen molar-refractivity contribution < 1.29 is 28.5 Å². The second-order valence-electron chi connectivity index (χ2n) is 11.7. The van der Waals surface area contributed by atoms with E-state index < -0.39 is 25.2 Å². The Bertz CT molecular complexity index is 1580. The second kappa shape index (κ2) is 18.1. The van der Waals surface area contributed by atoms with E-state index in [4.69, 9.17) is 9.47 Å². The number of carbonyl (C=O) groups excluding carboxylic acids is 2. The predicted octanol–water partition coefficient (Wildman–Crippen LogP) is 6.40. The Balaban J connectivity index is 1.42. The normalized spacial score (nSPS) is 13.5. The average Bonchev–Trinajstić information content (AvgIpc) is 3.09. The van der Waals surface area contributed by atoms with Crippen molar-refractivity contribution in [3.05, 3.63) is 131 Å². The van der Waals surface area contributed by atoms with E-state index in [1.807, 2.05) is 84.9 Å². The molecule has 3 unspecified atom stereocenters. The summed E-state index contributed by atoms with van der Waals surface area (Å²) >= 11 is 0. The highest BCUT2D eigenvalue weighted by Crippen LogP contribution is 2.47. The third kappa shape index (κ3) is 12.0. The molecule has 2 amide bonds. The Morgan fingerprint density at radius 2 is 1.34 bits per heavy atom. The van der Waals surface area contributed by atoms with Crippen LogP contribution in [0.15, 0.2) is 109 Å². The van der Waals surface area contributed by atoms with Crippen molar-refractivity contribution in [2.75, 3.05) is 26.9 Å². The fraction of sp³-hybridized carbons (Fsp3) is 0.316. The maximum atomic E-state index is 13.7. The van der Waals surface area contributed by atoms with Gasteiger partial charge in [0.1, 0.15) is 17.5 Å². The van der Waals surface area contributed by atoms with Crippen molar-refractivity contribution in [2.24, 2.45) is 5.92 Å². The highest BCUT2D eigenvalue weighted by Gasteiger charge is 2.31. The Labute approximate surface area is 278 Å². The van der Waals surface area contributed by atoms with Gasteiger partial charge in [-0.3, -0.25) is 14.2 Å². The minimum Gasteiger partial charge on any atom is -0.497 e. The van der Waals surface area contributed by atoms with E-state index in [0.717, 1.165) is 28.9 Å². The molecule has 0 bridgehead atoms. The lowest BCUT2D eigenvalue weighted by Crippen LogP contribution is -2.49. The van der Waals surface area contributed by atoms with Gasteiger partial charge in [-0.2, -0.15) is 0 Å². The minimum atomic E-state index is -3.77. The number of benzene rings is 4. The summed E-state index contributed by atoms with van der Waals surface area (Å²) in [4.78, 5) is 37.7. The maximum Gasteiger partial charge on any atom is 0.242 e. The largest absolute Gasteiger partial charge is 0.497 e. The average molecular weight is 657 g/mol. The van der Waals surface area contributed by atoms with E-state index in [-0.39, 0.29) is 24.7 Å². The molecule has 4 aromatic rings. The third-order valence-electron chi connectivity index (χ3n) is 8.02. The molecule has 0 aromatic heterocycles. The van der Waals surface area contributed by atoms with Gasteiger partial charge >= 0.3 is 0 Å². The molecule has 0 aliphatic rings. The van der Waals surface area contributed by atoms with E-state index in [1.165, 1.54) is 12.6 Å². The lowest BCUT2D eigenvalue weighted by atomic mass is 10.0. The molecular weight excluding hydrogens is 611 g/mol. The van der Waals surface area contributed by atoms with Crippen LogP contribution in [0.5, 0.6) is 11.5 Å². The van der Waals surface area contributed by atoms with Crippen LogP contribution >= 0.6 is 7.37 Å². The molecule has 0 fully saturated rings. The first kappa shape index (κ1) is 35.5. The highest BCUT2D eigenvalue weighted by molar-refractivity contribution is 7.57. The molecule has 4 aromatic carbocycles. The minimum absolute atomic E-state index is 0.0375. The number of carbonyl (C=O) groups is 2. The van der Waals surface area contributed by atoms with Crippen LogP contribution in [0.1, 0.15) is 41.5 Å². The van der Waals surface area contributed by atoms with E-state index in [1.54, 1.807) is 19.2 Å². The summed E-state index contributed by atoms with van der Waals surface area (Å²) in [5, 5.41) is 5.51. The lowest BCUT2D eigenvalue weighted by Gasteiger charge is -2.24. The molecule has 8 nitrogen and oxygen atoms in total. The summed E-state index contributed by atoms with van der Waals surface area (Å²) in [6.45, 7) is 0.461. The number of hydrogen-bond acceptors (Lipinski definition) is 5. The summed E-state index contributed by atoms with van der Waals surface area (Å²) in [6, 6.07) is 33.8. The SMILES string of the molecule is CNC(=O)C(Cc1ccc(OC)cc1)NC(=O)C(CCCCOc1ccccc1)CP(=O)(O)Cc1ccc(Cc2ccccc2)cc1. The van der Waals surface area contributed by atoms with Crippen LogP contribution < -0.4 is 20.1 Å². The number of likely N-dealkylation sites (N-methyl/N-ethyl adjacent to an activating group) is 1. The van der Waals surface area contributed by atoms with E-state index in [2.05, 4.69) is 22.8 Å². The van der Waals surface area contributed by atoms with Crippen molar-refractivity contribution in [3.8, 4) is 11.5 Å². The molecule has 0 heterocycles. The lowest BCUT2D eigenvalue weighted by molar-refractivity contribution is -0.130. The van der Waals surface area contributed by atoms with Gasteiger partial charge in [0.15, 0.2) is 0 Å². The first-order valence-electron chi connectivity index (χ1n) is 16.0. The fourth-order valence-corrected chi connectivity index (χ4v) is 7.41. The van der Waals surface area contributed by atoms with Gasteiger partial charge in [0, 0.05) is 31.7 Å². The number of rotatable bonds is 18. The van der Waals surface area contributed by atoms with Gasteiger partial charge < -0.3 is 25.0 Å². The summed E-state index contributed by atoms with van der Waals surface area (Å²) in [5.41, 5.74) is 3.89. The number of para-hydroxylation sites is 1. The number of methoxy groups -OCH3 is 1. The Morgan fingerprint density at radius 1 is 0.745 bits per heavy atom. The molecule has 0 saturated carbocycles. The quantitative estimate of drug-likeness (QED) is 0.0845. The summed E-state index contributed by atoms with van der Waals surface area (Å²) < 4.78 is 24.7. The van der Waals surface area contributed by atoms with Crippen molar-refractivity contribution in [1.29, 1.82) is 0 Å². The van der Waals surface area contributed by atoms with Gasteiger partial charge in [-0.25, -0.2) is 0 Å². The van der Waals surface area contributed by atoms with Gasteiger partial charge in [0.05, 0.1) is 13.7 Å². The number of nitrogens with one attached hydrogen (secondary N) is 2. The van der Waals surface area contributed by atoms with Crippen LogP contribution in [0.4, 0.5) is 0 Å². The van der Waals surface area contributed by atoms with Crippen molar-refractivity contribution >= 4 is 19.2 Å². The highest BCUT2D eigenvalue weighted by atomic mass is 31.2. The summed E-state index contributed by atoms with van der Waals surface area (Å²) in [6.07, 6.45) is 2.48. The number of hydrogen-bond donors (Lipinski definition) is 3. The van der Waals surface area contributed by atoms with Crippen LogP contribution in [0.25, 0.3) is 0 Å². The van der Waals surface area contributed by atoms with Gasteiger partial charge in [0.2, 0.25) is 19.2 Å². The molecule has 0 saturated heterocycles. The standard InChI is InChI=1S/C38H45N2O6P/c1-39-38(42)36(26-31-20-22-34(45-2)23-21-31)40-37(41)33(13-9-10-24-46-35-14-7-4-8-15-35)28-47(43,44)27-32-18-16-30(17-19-32)25-29-11-5-3-6-12-29/h3-8,11-12,14-23,33,36H,9-10,13,24-28H2,1-2H3,(H,39,42)(H,40,41)(H,43,44). The van der Waals surface area contributed by atoms with Gasteiger partial charge in [-0.05, 0) is 72.2 Å². The molecular formula is C38H45N2O6P. The molecule has 47 heavy (non-hydrogen) atoms. The topological polar surface area (TPSA) is 114 Å². The maximum absolute atomic E-state index is 13.7. The van der Waals surface area contributed by atoms with Gasteiger partial charge in [0.25, 0.3) is 0 Å². The predicted molar refractivity (Wildman–Crippen MR) is 186 cm³/mol. The molecule has 3 atom stereocenters. The molecule has 0 aliphatic heterocycles. The zero-order chi connectivity index (χ0) is 33.5. The van der Waals surface area contributed by atoms with E-state index in [9.17, 15) is 19.0 Å². The van der Waals surface area contributed by atoms with Crippen molar-refractivity contribution in [2.45, 2.75) is 44.3 Å². The van der Waals surface area contributed by atoms with E-state index >= 15 is 0 Å². The Kier molecular flexibility index (Phi) is 13.6. The summed E-state index contributed by atoms with van der Waals surface area (Å²) in [7, 11) is -0.664. The first-order valence-corrected chi connectivity index (χ1v) is 18.0. The number of ether oxygens (including phenoxy) is 2. The van der Waals surface area contributed by atoms with Crippen LogP contribution in [0, 0.1) is 5.92 Å². The van der Waals surface area contributed by atoms with E-state index in [0.29, 0.717) is 31.6 Å². The molecule has 0 aliphatic carbocycles. The fourth-order valence-electron chi connectivity index (χ4n) is 5.46. The zero-order valence-corrected chi connectivity index (χ0v) is 28.0. The molecule has 248 valence electrons. The Hall–Kier alpha value is -4.39. The molecule has 0 spiro atoms. The molecule has 0 radical (unpaired) electrons. The zero-order valence-electron chi connectivity index (χ0n) is 27.1. The Morgan fingerprint density at radius 3 is 1.98 bits per heavy atom. The van der Waals surface area contributed by atoms with Gasteiger partial charge in [-0.1, -0.05) is 84.9 Å². The number of unbranched alkanes of at least 4 members (excludes halogenated alkanes) is 1. The third-order valence-corrected chi connectivity index (χ3v) is 9.89.